The van der Waals surface area contributed by atoms with E-state index in [-0.39, 0.29) is 17.0 Å². The van der Waals surface area contributed by atoms with Gasteiger partial charge < -0.3 is 15.5 Å². The molecule has 1 amide bonds. The predicted octanol–water partition coefficient (Wildman–Crippen LogP) is 2.62. The number of amides is 1. The number of phenols is 1. The van der Waals surface area contributed by atoms with Crippen LogP contribution >= 0.6 is 0 Å². The van der Waals surface area contributed by atoms with Crippen molar-refractivity contribution in [3.05, 3.63) is 59.2 Å². The third-order valence-electron chi connectivity index (χ3n) is 2.65. The monoisotopic (exact) mass is 293 g/mol. The fraction of sp³-hybridized carbons (Fsp3) is 0. The average molecular weight is 293 g/mol. The van der Waals surface area contributed by atoms with Crippen LogP contribution in [0.4, 0.5) is 14.5 Å². The molecule has 5 nitrogen and oxygen atoms in total. The van der Waals surface area contributed by atoms with Crippen molar-refractivity contribution in [2.75, 3.05) is 5.32 Å². The first-order valence-corrected chi connectivity index (χ1v) is 5.71. The first kappa shape index (κ1) is 14.4. The molecule has 0 saturated carbocycles. The lowest BCUT2D eigenvalue weighted by Gasteiger charge is -2.07. The third kappa shape index (κ3) is 3.14. The van der Waals surface area contributed by atoms with E-state index in [4.69, 9.17) is 10.2 Å². The number of aromatic carboxylic acids is 1. The van der Waals surface area contributed by atoms with E-state index < -0.39 is 29.1 Å². The van der Waals surface area contributed by atoms with Crippen LogP contribution in [0.25, 0.3) is 0 Å². The van der Waals surface area contributed by atoms with Gasteiger partial charge in [0.2, 0.25) is 0 Å². The molecule has 0 aliphatic carbocycles. The zero-order chi connectivity index (χ0) is 15.6. The molecule has 0 spiro atoms. The number of halogens is 2. The maximum Gasteiger partial charge on any atom is 0.338 e. The van der Waals surface area contributed by atoms with E-state index in [1.54, 1.807) is 0 Å². The number of aromatic hydroxyl groups is 1. The van der Waals surface area contributed by atoms with Gasteiger partial charge in [0.1, 0.15) is 17.4 Å². The van der Waals surface area contributed by atoms with Crippen LogP contribution in [0.5, 0.6) is 5.75 Å². The summed E-state index contributed by atoms with van der Waals surface area (Å²) in [6.07, 6.45) is 0. The first-order valence-electron chi connectivity index (χ1n) is 5.71. The topological polar surface area (TPSA) is 86.6 Å². The van der Waals surface area contributed by atoms with Gasteiger partial charge in [0.25, 0.3) is 5.91 Å². The van der Waals surface area contributed by atoms with Gasteiger partial charge in [0.15, 0.2) is 0 Å². The van der Waals surface area contributed by atoms with Crippen molar-refractivity contribution >= 4 is 17.6 Å². The molecule has 108 valence electrons. The van der Waals surface area contributed by atoms with Crippen LogP contribution in [-0.2, 0) is 0 Å². The molecule has 0 aliphatic rings. The Morgan fingerprint density at radius 2 is 1.67 bits per heavy atom. The zero-order valence-electron chi connectivity index (χ0n) is 10.4. The molecule has 3 N–H and O–H groups in total. The molecule has 0 aliphatic heterocycles. The third-order valence-corrected chi connectivity index (χ3v) is 2.65. The van der Waals surface area contributed by atoms with Gasteiger partial charge in [0.05, 0.1) is 11.1 Å². The second-order valence-corrected chi connectivity index (χ2v) is 4.12. The number of anilines is 1. The number of phenolic OH excluding ortho intramolecular Hbond substituents is 1. The summed E-state index contributed by atoms with van der Waals surface area (Å²) in [6.45, 7) is 0. The van der Waals surface area contributed by atoms with Gasteiger partial charge in [-0.3, -0.25) is 4.79 Å². The van der Waals surface area contributed by atoms with E-state index >= 15 is 0 Å². The minimum Gasteiger partial charge on any atom is -0.508 e. The fourth-order valence-corrected chi connectivity index (χ4v) is 1.65. The summed E-state index contributed by atoms with van der Waals surface area (Å²) in [7, 11) is 0. The second-order valence-electron chi connectivity index (χ2n) is 4.12. The van der Waals surface area contributed by atoms with Crippen molar-refractivity contribution in [2.24, 2.45) is 0 Å². The number of nitrogens with one attached hydrogen (secondary N) is 1. The minimum absolute atomic E-state index is 0.00581. The summed E-state index contributed by atoms with van der Waals surface area (Å²) in [5, 5.41) is 20.1. The highest BCUT2D eigenvalue weighted by Gasteiger charge is 2.15. The second kappa shape index (κ2) is 5.58. The number of carbonyl (C=O) groups excluding carboxylic acids is 1. The number of carbonyl (C=O) groups is 2. The summed E-state index contributed by atoms with van der Waals surface area (Å²) in [6, 6.07) is 5.92. The molecule has 0 bridgehead atoms. The SMILES string of the molecule is O=C(O)c1cc(NC(=O)c2ccc(O)cc2F)ccc1F. The van der Waals surface area contributed by atoms with Crippen molar-refractivity contribution in [2.45, 2.75) is 0 Å². The Labute approximate surface area is 117 Å². The standard InChI is InChI=1S/C14H9F2NO4/c15-11-4-1-7(5-10(11)14(20)21)17-13(19)9-3-2-8(18)6-12(9)16/h1-6,18H,(H,17,19)(H,20,21). The molecule has 2 rings (SSSR count). The number of carboxylic acids is 1. The first-order chi connectivity index (χ1) is 9.88. The maximum atomic E-state index is 13.5. The molecule has 0 radical (unpaired) electrons. The molecule has 0 aromatic heterocycles. The van der Waals surface area contributed by atoms with Gasteiger partial charge in [-0.25, -0.2) is 13.6 Å². The smallest absolute Gasteiger partial charge is 0.338 e. The van der Waals surface area contributed by atoms with Gasteiger partial charge in [-0.15, -0.1) is 0 Å². The Kier molecular flexibility index (Phi) is 3.84. The Morgan fingerprint density at radius 3 is 2.29 bits per heavy atom. The van der Waals surface area contributed by atoms with Crippen LogP contribution in [0.2, 0.25) is 0 Å². The maximum absolute atomic E-state index is 13.5. The highest BCUT2D eigenvalue weighted by atomic mass is 19.1. The van der Waals surface area contributed by atoms with E-state index in [1.165, 1.54) is 0 Å². The van der Waals surface area contributed by atoms with Gasteiger partial charge in [0, 0.05) is 11.8 Å². The molecule has 0 saturated heterocycles. The van der Waals surface area contributed by atoms with Crippen molar-refractivity contribution in [1.82, 2.24) is 0 Å². The highest BCUT2D eigenvalue weighted by Crippen LogP contribution is 2.19. The molecule has 0 unspecified atom stereocenters. The summed E-state index contributed by atoms with van der Waals surface area (Å²) >= 11 is 0. The largest absolute Gasteiger partial charge is 0.508 e. The van der Waals surface area contributed by atoms with E-state index in [0.717, 1.165) is 36.4 Å². The van der Waals surface area contributed by atoms with Gasteiger partial charge in [-0.1, -0.05) is 0 Å². The van der Waals surface area contributed by atoms with E-state index in [2.05, 4.69) is 5.32 Å². The van der Waals surface area contributed by atoms with E-state index in [9.17, 15) is 18.4 Å². The number of rotatable bonds is 3. The lowest BCUT2D eigenvalue weighted by atomic mass is 10.1. The predicted molar refractivity (Wildman–Crippen MR) is 69.4 cm³/mol. The molecule has 2 aromatic carbocycles. The van der Waals surface area contributed by atoms with Crippen LogP contribution in [-0.4, -0.2) is 22.1 Å². The molecular formula is C14H9F2NO4. The van der Waals surface area contributed by atoms with Crippen LogP contribution in [0.3, 0.4) is 0 Å². The Hall–Kier alpha value is -2.96. The Bertz CT molecular complexity index is 731. The number of hydrogen-bond donors (Lipinski definition) is 3. The van der Waals surface area contributed by atoms with Crippen LogP contribution in [0, 0.1) is 11.6 Å². The summed E-state index contributed by atoms with van der Waals surface area (Å²) < 4.78 is 26.7. The summed E-state index contributed by atoms with van der Waals surface area (Å²) in [4.78, 5) is 22.6. The quantitative estimate of drug-likeness (QED) is 0.812. The van der Waals surface area contributed by atoms with Crippen molar-refractivity contribution in [1.29, 1.82) is 0 Å². The fourth-order valence-electron chi connectivity index (χ4n) is 1.65. The lowest BCUT2D eigenvalue weighted by molar-refractivity contribution is 0.0691. The molecule has 0 atom stereocenters. The van der Waals surface area contributed by atoms with Gasteiger partial charge >= 0.3 is 5.97 Å². The van der Waals surface area contributed by atoms with Crippen molar-refractivity contribution in [3.8, 4) is 5.75 Å². The zero-order valence-corrected chi connectivity index (χ0v) is 10.4. The Morgan fingerprint density at radius 1 is 0.952 bits per heavy atom. The molecule has 21 heavy (non-hydrogen) atoms. The summed E-state index contributed by atoms with van der Waals surface area (Å²) in [5.41, 5.74) is -0.945. The molecule has 0 heterocycles. The van der Waals surface area contributed by atoms with Crippen LogP contribution < -0.4 is 5.32 Å². The van der Waals surface area contributed by atoms with Gasteiger partial charge in [-0.05, 0) is 30.3 Å². The molecule has 0 fully saturated rings. The normalized spacial score (nSPS) is 10.2. The molecule has 7 heteroatoms. The summed E-state index contributed by atoms with van der Waals surface area (Å²) in [5.74, 6) is -4.56. The van der Waals surface area contributed by atoms with Crippen molar-refractivity contribution < 1.29 is 28.6 Å². The highest BCUT2D eigenvalue weighted by molar-refractivity contribution is 6.05. The number of carboxylic acid groups (broad SMARTS) is 1. The van der Waals surface area contributed by atoms with Crippen LogP contribution in [0.1, 0.15) is 20.7 Å². The number of hydrogen-bond acceptors (Lipinski definition) is 3. The molecular weight excluding hydrogens is 284 g/mol. The van der Waals surface area contributed by atoms with E-state index in [0.29, 0.717) is 0 Å². The number of benzene rings is 2. The molecule has 2 aromatic rings. The van der Waals surface area contributed by atoms with Gasteiger partial charge in [-0.2, -0.15) is 0 Å². The lowest BCUT2D eigenvalue weighted by Crippen LogP contribution is -2.14. The van der Waals surface area contributed by atoms with Crippen molar-refractivity contribution in [3.63, 3.8) is 0 Å². The minimum atomic E-state index is -1.49. The van der Waals surface area contributed by atoms with Crippen LogP contribution in [0.15, 0.2) is 36.4 Å². The average Bonchev–Trinajstić information content (AvgIpc) is 2.40. The van der Waals surface area contributed by atoms with E-state index in [1.807, 2.05) is 0 Å². The Balaban J connectivity index is 2.27.